The predicted molar refractivity (Wildman–Crippen MR) is 90.1 cm³/mol. The highest BCUT2D eigenvalue weighted by Gasteiger charge is 2.39. The zero-order valence-corrected chi connectivity index (χ0v) is 15.0. The van der Waals surface area contributed by atoms with Crippen molar-refractivity contribution in [3.63, 3.8) is 0 Å². The van der Waals surface area contributed by atoms with Crippen LogP contribution in [-0.2, 0) is 4.79 Å². The van der Waals surface area contributed by atoms with Crippen LogP contribution in [0.1, 0.15) is 30.1 Å². The molecular weight excluding hydrogens is 428 g/mol. The van der Waals surface area contributed by atoms with Gasteiger partial charge >= 0.3 is 5.97 Å². The number of hydrogen-bond acceptors (Lipinski definition) is 2. The van der Waals surface area contributed by atoms with E-state index in [0.717, 1.165) is 0 Å². The minimum absolute atomic E-state index is 0.196. The molecule has 0 radical (unpaired) electrons. The first kappa shape index (κ1) is 16.8. The standard InChI is InChI=1S/C14H14Cl2INO3/c1-14(13(20)21)3-2-4-18(7-14)12(19)9-5-8(15)6-10(16)11(9)17/h5-6H,2-4,7H2,1H3,(H,20,21). The SMILES string of the molecule is CC1(C(=O)O)CCCN(C(=O)c2cc(Cl)cc(Cl)c2I)C1. The summed E-state index contributed by atoms with van der Waals surface area (Å²) in [6, 6.07) is 3.16. The molecule has 1 fully saturated rings. The zero-order valence-electron chi connectivity index (χ0n) is 11.3. The zero-order chi connectivity index (χ0) is 15.8. The van der Waals surface area contributed by atoms with Crippen molar-refractivity contribution in [3.8, 4) is 0 Å². The lowest BCUT2D eigenvalue weighted by Crippen LogP contribution is -2.48. The minimum atomic E-state index is -0.901. The average molecular weight is 442 g/mol. The number of piperidine rings is 1. The van der Waals surface area contributed by atoms with Gasteiger partial charge < -0.3 is 10.0 Å². The summed E-state index contributed by atoms with van der Waals surface area (Å²) in [5.41, 5.74) is -0.482. The number of benzene rings is 1. The summed E-state index contributed by atoms with van der Waals surface area (Å²) in [6.45, 7) is 2.41. The van der Waals surface area contributed by atoms with Crippen molar-refractivity contribution in [2.75, 3.05) is 13.1 Å². The van der Waals surface area contributed by atoms with Gasteiger partial charge in [0, 0.05) is 21.7 Å². The van der Waals surface area contributed by atoms with E-state index in [1.165, 1.54) is 0 Å². The molecule has 1 amide bonds. The van der Waals surface area contributed by atoms with Gasteiger partial charge in [-0.2, -0.15) is 0 Å². The molecule has 1 saturated heterocycles. The quantitative estimate of drug-likeness (QED) is 0.558. The number of likely N-dealkylation sites (tertiary alicyclic amines) is 1. The van der Waals surface area contributed by atoms with E-state index in [4.69, 9.17) is 23.2 Å². The third kappa shape index (κ3) is 3.46. The van der Waals surface area contributed by atoms with E-state index in [-0.39, 0.29) is 12.5 Å². The molecule has 1 atom stereocenters. The number of carbonyl (C=O) groups is 2. The van der Waals surface area contributed by atoms with Crippen LogP contribution in [0.3, 0.4) is 0 Å². The first-order chi connectivity index (χ1) is 9.74. The van der Waals surface area contributed by atoms with Crippen molar-refractivity contribution in [1.29, 1.82) is 0 Å². The van der Waals surface area contributed by atoms with E-state index < -0.39 is 11.4 Å². The molecule has 0 saturated carbocycles. The Balaban J connectivity index is 2.30. The Morgan fingerprint density at radius 1 is 1.38 bits per heavy atom. The Bertz CT molecular complexity index is 608. The summed E-state index contributed by atoms with van der Waals surface area (Å²) in [5.74, 6) is -1.10. The van der Waals surface area contributed by atoms with Crippen molar-refractivity contribution in [2.45, 2.75) is 19.8 Å². The van der Waals surface area contributed by atoms with Crippen LogP contribution in [0.15, 0.2) is 12.1 Å². The van der Waals surface area contributed by atoms with Gasteiger partial charge in [-0.25, -0.2) is 0 Å². The Hall–Kier alpha value is -0.530. The third-order valence-corrected chi connectivity index (χ3v) is 5.72. The lowest BCUT2D eigenvalue weighted by molar-refractivity contribution is -0.150. The summed E-state index contributed by atoms with van der Waals surface area (Å²) < 4.78 is 0.631. The maximum absolute atomic E-state index is 12.6. The topological polar surface area (TPSA) is 57.6 Å². The summed E-state index contributed by atoms with van der Waals surface area (Å²) in [6.07, 6.45) is 1.24. The van der Waals surface area contributed by atoms with Crippen LogP contribution in [0.5, 0.6) is 0 Å². The highest BCUT2D eigenvalue weighted by Crippen LogP contribution is 2.32. The summed E-state index contributed by atoms with van der Waals surface area (Å²) in [7, 11) is 0. The van der Waals surface area contributed by atoms with E-state index in [1.807, 2.05) is 22.6 Å². The molecule has 0 aromatic heterocycles. The molecular formula is C14H14Cl2INO3. The normalized spacial score (nSPS) is 22.2. The van der Waals surface area contributed by atoms with Crippen LogP contribution in [0, 0.1) is 8.99 Å². The molecule has 4 nitrogen and oxygen atoms in total. The molecule has 1 N–H and O–H groups in total. The number of nitrogens with zero attached hydrogens (tertiary/aromatic N) is 1. The Morgan fingerprint density at radius 2 is 2.05 bits per heavy atom. The maximum Gasteiger partial charge on any atom is 0.311 e. The molecule has 21 heavy (non-hydrogen) atoms. The van der Waals surface area contributed by atoms with Gasteiger partial charge in [-0.15, -0.1) is 0 Å². The molecule has 0 aliphatic carbocycles. The molecule has 1 unspecified atom stereocenters. The summed E-state index contributed by atoms with van der Waals surface area (Å²) in [5, 5.41) is 10.1. The smallest absolute Gasteiger partial charge is 0.311 e. The maximum atomic E-state index is 12.6. The summed E-state index contributed by atoms with van der Waals surface area (Å²) in [4.78, 5) is 25.6. The molecule has 1 aromatic carbocycles. The monoisotopic (exact) mass is 441 g/mol. The highest BCUT2D eigenvalue weighted by molar-refractivity contribution is 14.1. The van der Waals surface area contributed by atoms with E-state index in [0.29, 0.717) is 38.6 Å². The van der Waals surface area contributed by atoms with Crippen LogP contribution < -0.4 is 0 Å². The van der Waals surface area contributed by atoms with Crippen LogP contribution in [0.2, 0.25) is 10.0 Å². The van der Waals surface area contributed by atoms with Crippen LogP contribution in [0.4, 0.5) is 0 Å². The molecule has 1 aromatic rings. The van der Waals surface area contributed by atoms with Gasteiger partial charge in [0.15, 0.2) is 0 Å². The molecule has 0 bridgehead atoms. The van der Waals surface area contributed by atoms with Gasteiger partial charge in [-0.05, 0) is 54.5 Å². The number of aliphatic carboxylic acids is 1. The van der Waals surface area contributed by atoms with E-state index in [9.17, 15) is 14.7 Å². The van der Waals surface area contributed by atoms with Crippen LogP contribution >= 0.6 is 45.8 Å². The molecule has 1 aliphatic rings. The van der Waals surface area contributed by atoms with Crippen molar-refractivity contribution < 1.29 is 14.7 Å². The van der Waals surface area contributed by atoms with Crippen molar-refractivity contribution >= 4 is 57.7 Å². The number of amides is 1. The summed E-state index contributed by atoms with van der Waals surface area (Å²) >= 11 is 14.0. The van der Waals surface area contributed by atoms with Crippen molar-refractivity contribution in [3.05, 3.63) is 31.3 Å². The Kier molecular flexibility index (Phi) is 5.05. The molecule has 1 aliphatic heterocycles. The average Bonchev–Trinajstić information content (AvgIpc) is 2.42. The largest absolute Gasteiger partial charge is 0.481 e. The van der Waals surface area contributed by atoms with Gasteiger partial charge in [-0.1, -0.05) is 23.2 Å². The fourth-order valence-corrected chi connectivity index (χ4v) is 3.50. The Labute approximate surface area is 146 Å². The number of carboxylic acids is 1. The van der Waals surface area contributed by atoms with Gasteiger partial charge in [0.2, 0.25) is 0 Å². The fourth-order valence-electron chi connectivity index (χ4n) is 2.47. The molecule has 2 rings (SSSR count). The highest BCUT2D eigenvalue weighted by atomic mass is 127. The first-order valence-corrected chi connectivity index (χ1v) is 8.25. The number of hydrogen-bond donors (Lipinski definition) is 1. The van der Waals surface area contributed by atoms with E-state index in [1.54, 1.807) is 24.0 Å². The minimum Gasteiger partial charge on any atom is -0.481 e. The predicted octanol–water partition coefficient (Wildman–Crippen LogP) is 3.92. The third-order valence-electron chi connectivity index (χ3n) is 3.72. The van der Waals surface area contributed by atoms with Gasteiger partial charge in [0.1, 0.15) is 0 Å². The molecule has 7 heteroatoms. The van der Waals surface area contributed by atoms with Crippen LogP contribution in [0.25, 0.3) is 0 Å². The van der Waals surface area contributed by atoms with Crippen LogP contribution in [-0.4, -0.2) is 35.0 Å². The van der Waals surface area contributed by atoms with E-state index >= 15 is 0 Å². The lowest BCUT2D eigenvalue weighted by Gasteiger charge is -2.37. The van der Waals surface area contributed by atoms with Crippen molar-refractivity contribution in [1.82, 2.24) is 4.90 Å². The van der Waals surface area contributed by atoms with Gasteiger partial charge in [-0.3, -0.25) is 9.59 Å². The fraction of sp³-hybridized carbons (Fsp3) is 0.429. The second-order valence-electron chi connectivity index (χ2n) is 5.45. The number of halogens is 3. The molecule has 1 heterocycles. The first-order valence-electron chi connectivity index (χ1n) is 6.42. The number of carbonyl (C=O) groups excluding carboxylic acids is 1. The van der Waals surface area contributed by atoms with Gasteiger partial charge in [0.05, 0.1) is 16.0 Å². The van der Waals surface area contributed by atoms with Gasteiger partial charge in [0.25, 0.3) is 5.91 Å². The molecule has 0 spiro atoms. The van der Waals surface area contributed by atoms with E-state index in [2.05, 4.69) is 0 Å². The lowest BCUT2D eigenvalue weighted by atomic mass is 9.82. The molecule has 114 valence electrons. The second kappa shape index (κ2) is 6.30. The second-order valence-corrected chi connectivity index (χ2v) is 7.37. The number of rotatable bonds is 2. The Morgan fingerprint density at radius 3 is 2.67 bits per heavy atom. The number of carboxylic acid groups (broad SMARTS) is 1. The van der Waals surface area contributed by atoms with Crippen molar-refractivity contribution in [2.24, 2.45) is 5.41 Å².